The lowest BCUT2D eigenvalue weighted by Crippen LogP contribution is -1.98. The summed E-state index contributed by atoms with van der Waals surface area (Å²) < 4.78 is 5.32. The number of aromatic nitrogens is 1. The van der Waals surface area contributed by atoms with Crippen molar-refractivity contribution in [1.82, 2.24) is 4.98 Å². The van der Waals surface area contributed by atoms with Crippen molar-refractivity contribution in [2.75, 3.05) is 7.11 Å². The van der Waals surface area contributed by atoms with Gasteiger partial charge in [0.2, 0.25) is 0 Å². The Morgan fingerprint density at radius 2 is 2.00 bits per heavy atom. The van der Waals surface area contributed by atoms with Crippen LogP contribution in [0.15, 0.2) is 24.3 Å². The third-order valence-corrected chi connectivity index (χ3v) is 2.88. The fourth-order valence-electron chi connectivity index (χ4n) is 1.95. The minimum Gasteiger partial charge on any atom is -0.496 e. The van der Waals surface area contributed by atoms with Gasteiger partial charge in [-0.05, 0) is 43.2 Å². The molecule has 0 radical (unpaired) electrons. The van der Waals surface area contributed by atoms with Gasteiger partial charge in [0.15, 0.2) is 0 Å². The summed E-state index contributed by atoms with van der Waals surface area (Å²) in [6.45, 7) is 3.75. The van der Waals surface area contributed by atoms with Crippen LogP contribution in [0.25, 0.3) is 11.3 Å². The van der Waals surface area contributed by atoms with E-state index in [0.717, 1.165) is 22.6 Å². The van der Waals surface area contributed by atoms with Gasteiger partial charge < -0.3 is 14.8 Å². The number of rotatable bonds is 3. The van der Waals surface area contributed by atoms with E-state index in [2.05, 4.69) is 4.98 Å². The van der Waals surface area contributed by atoms with E-state index in [9.17, 15) is 4.79 Å². The van der Waals surface area contributed by atoms with Gasteiger partial charge in [-0.25, -0.2) is 4.79 Å². The van der Waals surface area contributed by atoms with Crippen LogP contribution < -0.4 is 4.74 Å². The third kappa shape index (κ3) is 2.09. The van der Waals surface area contributed by atoms with Gasteiger partial charge in [-0.3, -0.25) is 0 Å². The molecule has 2 N–H and O–H groups in total. The highest BCUT2D eigenvalue weighted by atomic mass is 16.5. The summed E-state index contributed by atoms with van der Waals surface area (Å²) in [5, 5.41) is 9.03. The molecular weight excluding hydrogens is 230 g/mol. The van der Waals surface area contributed by atoms with Crippen molar-refractivity contribution in [3.63, 3.8) is 0 Å². The normalized spacial score (nSPS) is 10.4. The summed E-state index contributed by atoms with van der Waals surface area (Å²) >= 11 is 0. The zero-order valence-corrected chi connectivity index (χ0v) is 10.6. The first-order chi connectivity index (χ1) is 8.52. The second-order valence-corrected chi connectivity index (χ2v) is 4.25. The average molecular weight is 245 g/mol. The Morgan fingerprint density at radius 1 is 1.28 bits per heavy atom. The Kier molecular flexibility index (Phi) is 3.10. The summed E-state index contributed by atoms with van der Waals surface area (Å²) in [5.74, 6) is -0.224. The van der Waals surface area contributed by atoms with Crippen LogP contribution in [-0.2, 0) is 0 Å². The molecule has 0 aliphatic rings. The standard InChI is InChI=1S/C14H15NO3/c1-8-4-5-10(12(6-8)18-3)11-7-9(2)13(15-11)14(16)17/h4-7,15H,1-3H3,(H,16,17). The fraction of sp³-hybridized carbons (Fsp3) is 0.214. The van der Waals surface area contributed by atoms with Crippen molar-refractivity contribution in [3.8, 4) is 17.0 Å². The van der Waals surface area contributed by atoms with Crippen molar-refractivity contribution in [2.45, 2.75) is 13.8 Å². The van der Waals surface area contributed by atoms with E-state index in [4.69, 9.17) is 9.84 Å². The van der Waals surface area contributed by atoms with E-state index < -0.39 is 5.97 Å². The second-order valence-electron chi connectivity index (χ2n) is 4.25. The average Bonchev–Trinajstić information content (AvgIpc) is 2.71. The lowest BCUT2D eigenvalue weighted by Gasteiger charge is -2.07. The van der Waals surface area contributed by atoms with Gasteiger partial charge in [0.1, 0.15) is 11.4 Å². The molecular formula is C14H15NO3. The number of carboxylic acid groups (broad SMARTS) is 1. The Morgan fingerprint density at radius 3 is 2.56 bits per heavy atom. The molecule has 18 heavy (non-hydrogen) atoms. The molecule has 0 unspecified atom stereocenters. The zero-order valence-electron chi connectivity index (χ0n) is 10.6. The molecule has 1 aromatic carbocycles. The first-order valence-corrected chi connectivity index (χ1v) is 5.61. The molecule has 4 heteroatoms. The second kappa shape index (κ2) is 4.56. The lowest BCUT2D eigenvalue weighted by atomic mass is 10.1. The highest BCUT2D eigenvalue weighted by Crippen LogP contribution is 2.31. The van der Waals surface area contributed by atoms with E-state index in [1.54, 1.807) is 14.0 Å². The zero-order chi connectivity index (χ0) is 13.3. The quantitative estimate of drug-likeness (QED) is 0.873. The molecule has 0 spiro atoms. The van der Waals surface area contributed by atoms with Gasteiger partial charge in [0.05, 0.1) is 12.8 Å². The maximum atomic E-state index is 11.0. The number of aromatic carboxylic acids is 1. The largest absolute Gasteiger partial charge is 0.496 e. The van der Waals surface area contributed by atoms with Crippen molar-refractivity contribution in [3.05, 3.63) is 41.1 Å². The van der Waals surface area contributed by atoms with Crippen LogP contribution in [0.3, 0.4) is 0 Å². The maximum Gasteiger partial charge on any atom is 0.352 e. The summed E-state index contributed by atoms with van der Waals surface area (Å²) in [7, 11) is 1.60. The van der Waals surface area contributed by atoms with Gasteiger partial charge >= 0.3 is 5.97 Å². The number of hydrogen-bond acceptors (Lipinski definition) is 2. The van der Waals surface area contributed by atoms with Crippen molar-refractivity contribution >= 4 is 5.97 Å². The van der Waals surface area contributed by atoms with Crippen LogP contribution in [0, 0.1) is 13.8 Å². The number of hydrogen-bond donors (Lipinski definition) is 2. The van der Waals surface area contributed by atoms with Crippen LogP contribution in [0.4, 0.5) is 0 Å². The molecule has 0 amide bonds. The Hall–Kier alpha value is -2.23. The number of H-pyrrole nitrogens is 1. The molecule has 2 aromatic rings. The van der Waals surface area contributed by atoms with Crippen molar-refractivity contribution in [1.29, 1.82) is 0 Å². The number of nitrogens with one attached hydrogen (secondary N) is 1. The Balaban J connectivity index is 2.55. The van der Waals surface area contributed by atoms with Crippen LogP contribution in [0.1, 0.15) is 21.6 Å². The molecule has 0 aliphatic heterocycles. The SMILES string of the molecule is COc1cc(C)ccc1-c1cc(C)c(C(=O)O)[nH]1. The van der Waals surface area contributed by atoms with Crippen LogP contribution in [0.5, 0.6) is 5.75 Å². The van der Waals surface area contributed by atoms with E-state index in [0.29, 0.717) is 5.56 Å². The topological polar surface area (TPSA) is 62.3 Å². The third-order valence-electron chi connectivity index (χ3n) is 2.88. The molecule has 94 valence electrons. The first kappa shape index (κ1) is 12.2. The monoisotopic (exact) mass is 245 g/mol. The van der Waals surface area contributed by atoms with Gasteiger partial charge in [0.25, 0.3) is 0 Å². The molecule has 4 nitrogen and oxygen atoms in total. The highest BCUT2D eigenvalue weighted by Gasteiger charge is 2.14. The van der Waals surface area contributed by atoms with E-state index in [-0.39, 0.29) is 5.69 Å². The molecule has 0 saturated carbocycles. The summed E-state index contributed by atoms with van der Waals surface area (Å²) in [4.78, 5) is 13.9. The molecule has 0 saturated heterocycles. The predicted molar refractivity (Wildman–Crippen MR) is 69.2 cm³/mol. The molecule has 1 heterocycles. The molecule has 0 bridgehead atoms. The number of aromatic amines is 1. The number of aryl methyl sites for hydroxylation is 2. The van der Waals surface area contributed by atoms with E-state index in [1.165, 1.54) is 0 Å². The van der Waals surface area contributed by atoms with E-state index in [1.807, 2.05) is 31.2 Å². The van der Waals surface area contributed by atoms with Gasteiger partial charge in [-0.1, -0.05) is 6.07 Å². The lowest BCUT2D eigenvalue weighted by molar-refractivity contribution is 0.0690. The summed E-state index contributed by atoms with van der Waals surface area (Å²) in [5.41, 5.74) is 3.63. The minimum atomic E-state index is -0.954. The molecule has 0 aliphatic carbocycles. The van der Waals surface area contributed by atoms with Gasteiger partial charge in [0, 0.05) is 5.56 Å². The van der Waals surface area contributed by atoms with Gasteiger partial charge in [-0.15, -0.1) is 0 Å². The molecule has 1 aromatic heterocycles. The Bertz CT molecular complexity index is 599. The minimum absolute atomic E-state index is 0.215. The van der Waals surface area contributed by atoms with Crippen LogP contribution >= 0.6 is 0 Å². The summed E-state index contributed by atoms with van der Waals surface area (Å²) in [6, 6.07) is 7.63. The predicted octanol–water partition coefficient (Wildman–Crippen LogP) is 3.01. The van der Waals surface area contributed by atoms with Crippen molar-refractivity contribution in [2.24, 2.45) is 0 Å². The van der Waals surface area contributed by atoms with Crippen LogP contribution in [0.2, 0.25) is 0 Å². The number of benzene rings is 1. The molecule has 2 rings (SSSR count). The smallest absolute Gasteiger partial charge is 0.352 e. The first-order valence-electron chi connectivity index (χ1n) is 5.61. The van der Waals surface area contributed by atoms with Gasteiger partial charge in [-0.2, -0.15) is 0 Å². The fourth-order valence-corrected chi connectivity index (χ4v) is 1.95. The maximum absolute atomic E-state index is 11.0. The number of ether oxygens (including phenoxy) is 1. The highest BCUT2D eigenvalue weighted by molar-refractivity contribution is 5.89. The molecule has 0 atom stereocenters. The number of carbonyl (C=O) groups is 1. The molecule has 0 fully saturated rings. The van der Waals surface area contributed by atoms with E-state index >= 15 is 0 Å². The number of methoxy groups -OCH3 is 1. The Labute approximate surface area is 105 Å². The van der Waals surface area contributed by atoms with Crippen molar-refractivity contribution < 1.29 is 14.6 Å². The van der Waals surface area contributed by atoms with Crippen LogP contribution in [-0.4, -0.2) is 23.2 Å². The number of carboxylic acids is 1. The summed E-state index contributed by atoms with van der Waals surface area (Å²) in [6.07, 6.45) is 0.